The first-order valence-electron chi connectivity index (χ1n) is 6.50. The first-order valence-corrected chi connectivity index (χ1v) is 7.29. The molecule has 3 nitrogen and oxygen atoms in total. The van der Waals surface area contributed by atoms with Crippen LogP contribution >= 0.6 is 23.8 Å². The lowest BCUT2D eigenvalue weighted by atomic mass is 10.1. The minimum absolute atomic E-state index is 0.315. The first kappa shape index (κ1) is 14.6. The van der Waals surface area contributed by atoms with E-state index in [4.69, 9.17) is 34.3 Å². The maximum absolute atomic E-state index is 5.94. The summed E-state index contributed by atoms with van der Waals surface area (Å²) < 4.78 is 5.81. The number of nitrogens with two attached hydrogens (primary N) is 1. The number of nitrogens with zero attached hydrogens (tertiary/aromatic N) is 1. The van der Waals surface area contributed by atoms with Gasteiger partial charge in [0, 0.05) is 11.1 Å². The smallest absolute Gasteiger partial charge is 0.129 e. The van der Waals surface area contributed by atoms with Crippen molar-refractivity contribution in [3.63, 3.8) is 0 Å². The molecule has 0 radical (unpaired) electrons. The molecular formula is C14H19ClN2OS. The third-order valence-corrected chi connectivity index (χ3v) is 4.04. The van der Waals surface area contributed by atoms with Gasteiger partial charge in [0.05, 0.1) is 12.2 Å². The second kappa shape index (κ2) is 6.55. The highest BCUT2D eigenvalue weighted by Gasteiger charge is 2.20. The highest BCUT2D eigenvalue weighted by Crippen LogP contribution is 2.24. The first-order chi connectivity index (χ1) is 9.08. The van der Waals surface area contributed by atoms with E-state index in [0.29, 0.717) is 28.2 Å². The van der Waals surface area contributed by atoms with Crippen LogP contribution in [0.25, 0.3) is 0 Å². The molecule has 0 aliphatic carbocycles. The standard InChI is InChI=1S/C14H19ClN2OS/c1-17-7-2-3-11(17)6-8-18-13-5-4-10(15)9-12(13)14(16)19/h4-5,9,11H,2-3,6-8H2,1H3,(H2,16,19). The van der Waals surface area contributed by atoms with Crippen LogP contribution in [0.5, 0.6) is 5.75 Å². The fourth-order valence-electron chi connectivity index (χ4n) is 2.47. The van der Waals surface area contributed by atoms with Crippen LogP contribution in [0.4, 0.5) is 0 Å². The molecule has 0 spiro atoms. The summed E-state index contributed by atoms with van der Waals surface area (Å²) in [4.78, 5) is 2.70. The van der Waals surface area contributed by atoms with Crippen LogP contribution in [0.3, 0.4) is 0 Å². The minimum Gasteiger partial charge on any atom is -0.493 e. The Morgan fingerprint density at radius 2 is 2.37 bits per heavy atom. The number of thiocarbonyl (C=S) groups is 1. The van der Waals surface area contributed by atoms with Crippen molar-refractivity contribution >= 4 is 28.8 Å². The Hall–Kier alpha value is -0.840. The van der Waals surface area contributed by atoms with Gasteiger partial charge < -0.3 is 15.4 Å². The van der Waals surface area contributed by atoms with Crippen molar-refractivity contribution in [2.75, 3.05) is 20.2 Å². The fraction of sp³-hybridized carbons (Fsp3) is 0.500. The number of likely N-dealkylation sites (tertiary alicyclic amines) is 1. The van der Waals surface area contributed by atoms with Gasteiger partial charge in [-0.2, -0.15) is 0 Å². The van der Waals surface area contributed by atoms with Crippen molar-refractivity contribution in [3.05, 3.63) is 28.8 Å². The Balaban J connectivity index is 1.94. The molecule has 1 aliphatic heterocycles. The maximum Gasteiger partial charge on any atom is 0.129 e. The van der Waals surface area contributed by atoms with E-state index >= 15 is 0 Å². The summed E-state index contributed by atoms with van der Waals surface area (Å²) in [6, 6.07) is 6.00. The van der Waals surface area contributed by atoms with Gasteiger partial charge in [0.2, 0.25) is 0 Å². The van der Waals surface area contributed by atoms with Crippen molar-refractivity contribution in [1.29, 1.82) is 0 Å². The van der Waals surface area contributed by atoms with E-state index in [1.807, 2.05) is 6.07 Å². The Morgan fingerprint density at radius 3 is 3.00 bits per heavy atom. The monoisotopic (exact) mass is 298 g/mol. The molecule has 5 heteroatoms. The van der Waals surface area contributed by atoms with Crippen LogP contribution in [0.2, 0.25) is 5.02 Å². The van der Waals surface area contributed by atoms with Gasteiger partial charge >= 0.3 is 0 Å². The Bertz CT molecular complexity index is 467. The topological polar surface area (TPSA) is 38.5 Å². The van der Waals surface area contributed by atoms with Crippen molar-refractivity contribution in [3.8, 4) is 5.75 Å². The zero-order valence-corrected chi connectivity index (χ0v) is 12.6. The van der Waals surface area contributed by atoms with Gasteiger partial charge in [-0.05, 0) is 51.1 Å². The second-order valence-electron chi connectivity index (χ2n) is 4.92. The number of benzene rings is 1. The number of hydrogen-bond acceptors (Lipinski definition) is 3. The molecule has 2 rings (SSSR count). The summed E-state index contributed by atoms with van der Waals surface area (Å²) in [7, 11) is 2.17. The van der Waals surface area contributed by atoms with Crippen LogP contribution in [0.1, 0.15) is 24.8 Å². The lowest BCUT2D eigenvalue weighted by molar-refractivity contribution is 0.233. The Labute approximate surface area is 124 Å². The lowest BCUT2D eigenvalue weighted by Crippen LogP contribution is -2.26. The van der Waals surface area contributed by atoms with Crippen LogP contribution in [-0.2, 0) is 0 Å². The molecule has 1 unspecified atom stereocenters. The van der Waals surface area contributed by atoms with Gasteiger partial charge in [0.15, 0.2) is 0 Å². The molecule has 0 saturated carbocycles. The molecule has 1 atom stereocenters. The highest BCUT2D eigenvalue weighted by atomic mass is 35.5. The van der Waals surface area contributed by atoms with E-state index in [1.165, 1.54) is 19.4 Å². The SMILES string of the molecule is CN1CCCC1CCOc1ccc(Cl)cc1C(N)=S. The zero-order valence-electron chi connectivity index (χ0n) is 11.1. The predicted molar refractivity (Wildman–Crippen MR) is 83.1 cm³/mol. The van der Waals surface area contributed by atoms with Crippen molar-refractivity contribution in [2.24, 2.45) is 5.73 Å². The highest BCUT2D eigenvalue weighted by molar-refractivity contribution is 7.80. The molecule has 1 aromatic rings. The zero-order chi connectivity index (χ0) is 13.8. The molecule has 104 valence electrons. The number of ether oxygens (including phenoxy) is 1. The molecule has 0 amide bonds. The molecule has 1 saturated heterocycles. The average molecular weight is 299 g/mol. The number of halogens is 1. The van der Waals surface area contributed by atoms with E-state index < -0.39 is 0 Å². The van der Waals surface area contributed by atoms with Gasteiger partial charge in [0.25, 0.3) is 0 Å². The molecule has 1 aromatic carbocycles. The maximum atomic E-state index is 5.94. The van der Waals surface area contributed by atoms with Crippen molar-refractivity contribution < 1.29 is 4.74 Å². The molecule has 1 aliphatic rings. The predicted octanol–water partition coefficient (Wildman–Crippen LogP) is 2.84. The van der Waals surface area contributed by atoms with Crippen molar-refractivity contribution in [1.82, 2.24) is 4.90 Å². The number of rotatable bonds is 5. The van der Waals surface area contributed by atoms with Gasteiger partial charge in [0.1, 0.15) is 10.7 Å². The van der Waals surface area contributed by atoms with E-state index in [1.54, 1.807) is 12.1 Å². The van der Waals surface area contributed by atoms with Crippen LogP contribution in [-0.4, -0.2) is 36.1 Å². The number of hydrogen-bond donors (Lipinski definition) is 1. The van der Waals surface area contributed by atoms with E-state index in [9.17, 15) is 0 Å². The second-order valence-corrected chi connectivity index (χ2v) is 5.79. The molecule has 0 bridgehead atoms. The molecule has 2 N–H and O–H groups in total. The fourth-order valence-corrected chi connectivity index (χ4v) is 2.80. The third-order valence-electron chi connectivity index (χ3n) is 3.59. The summed E-state index contributed by atoms with van der Waals surface area (Å²) in [5.74, 6) is 0.720. The molecule has 1 fully saturated rings. The molecular weight excluding hydrogens is 280 g/mol. The lowest BCUT2D eigenvalue weighted by Gasteiger charge is -2.19. The molecule has 19 heavy (non-hydrogen) atoms. The minimum atomic E-state index is 0.315. The van der Waals surface area contributed by atoms with E-state index in [-0.39, 0.29) is 0 Å². The van der Waals surface area contributed by atoms with E-state index in [2.05, 4.69) is 11.9 Å². The van der Waals surface area contributed by atoms with Crippen molar-refractivity contribution in [2.45, 2.75) is 25.3 Å². The average Bonchev–Trinajstić information content (AvgIpc) is 2.77. The quantitative estimate of drug-likeness (QED) is 0.849. The van der Waals surface area contributed by atoms with Gasteiger partial charge in [-0.1, -0.05) is 23.8 Å². The summed E-state index contributed by atoms with van der Waals surface area (Å²) in [5.41, 5.74) is 6.39. The summed E-state index contributed by atoms with van der Waals surface area (Å²) in [6.45, 7) is 1.86. The van der Waals surface area contributed by atoms with Gasteiger partial charge in [-0.15, -0.1) is 0 Å². The van der Waals surface area contributed by atoms with Crippen LogP contribution in [0.15, 0.2) is 18.2 Å². The van der Waals surface area contributed by atoms with Crippen LogP contribution < -0.4 is 10.5 Å². The largest absolute Gasteiger partial charge is 0.493 e. The van der Waals surface area contributed by atoms with Gasteiger partial charge in [-0.3, -0.25) is 0 Å². The summed E-state index contributed by atoms with van der Waals surface area (Å²) >= 11 is 11.0. The molecule has 0 aromatic heterocycles. The Morgan fingerprint density at radius 1 is 1.58 bits per heavy atom. The summed E-state index contributed by atoms with van der Waals surface area (Å²) in [6.07, 6.45) is 3.55. The van der Waals surface area contributed by atoms with E-state index in [0.717, 1.165) is 12.2 Å². The third kappa shape index (κ3) is 3.81. The van der Waals surface area contributed by atoms with Crippen LogP contribution in [0, 0.1) is 0 Å². The molecule has 1 heterocycles. The summed E-state index contributed by atoms with van der Waals surface area (Å²) in [5, 5.41) is 0.616. The Kier molecular flexibility index (Phi) is 5.02. The normalized spacial score (nSPS) is 19.6. The van der Waals surface area contributed by atoms with Gasteiger partial charge in [-0.25, -0.2) is 0 Å².